The molecule has 0 aliphatic heterocycles. The Labute approximate surface area is 165 Å². The largest absolute Gasteiger partial charge is 0.478 e. The van der Waals surface area contributed by atoms with E-state index in [-0.39, 0.29) is 16.9 Å². The van der Waals surface area contributed by atoms with Crippen LogP contribution in [0, 0.1) is 13.8 Å². The standard InChI is InChI=1S/C20H21N3O4S/c1-5-15-22-18-16(13(9-28-18)20(26)27)19(25)23(15)12(4)17(24)21-14-8-10(2)6-7-11(14)3/h6-9,12H,5H2,1-4H3,(H,21,24)(H,26,27). The van der Waals surface area contributed by atoms with Crippen molar-refractivity contribution in [2.45, 2.75) is 40.2 Å². The van der Waals surface area contributed by atoms with Gasteiger partial charge in [-0.05, 0) is 38.0 Å². The zero-order chi connectivity index (χ0) is 20.6. The molecule has 1 unspecified atom stereocenters. The molecule has 1 amide bonds. The van der Waals surface area contributed by atoms with E-state index < -0.39 is 17.6 Å². The molecule has 0 spiro atoms. The number of carboxylic acid groups (broad SMARTS) is 1. The van der Waals surface area contributed by atoms with E-state index in [0.717, 1.165) is 22.5 Å². The van der Waals surface area contributed by atoms with Crippen LogP contribution in [0.5, 0.6) is 0 Å². The molecule has 0 aliphatic rings. The molecule has 2 aromatic heterocycles. The number of carboxylic acids is 1. The Hall–Kier alpha value is -3.00. The third-order valence-electron chi connectivity index (χ3n) is 4.68. The molecule has 1 atom stereocenters. The fraction of sp³-hybridized carbons (Fsp3) is 0.300. The Kier molecular flexibility index (Phi) is 5.33. The minimum atomic E-state index is -1.19. The average molecular weight is 399 g/mol. The van der Waals surface area contributed by atoms with Crippen LogP contribution in [0.3, 0.4) is 0 Å². The van der Waals surface area contributed by atoms with Crippen molar-refractivity contribution in [3.05, 3.63) is 56.4 Å². The summed E-state index contributed by atoms with van der Waals surface area (Å²) in [5, 5.41) is 13.7. The van der Waals surface area contributed by atoms with Crippen LogP contribution >= 0.6 is 11.3 Å². The van der Waals surface area contributed by atoms with Crippen LogP contribution in [0.1, 0.15) is 47.2 Å². The summed E-state index contributed by atoms with van der Waals surface area (Å²) < 4.78 is 1.29. The lowest BCUT2D eigenvalue weighted by Crippen LogP contribution is -2.34. The Balaban J connectivity index is 2.08. The molecule has 7 nitrogen and oxygen atoms in total. The number of anilines is 1. The number of hydrogen-bond acceptors (Lipinski definition) is 5. The van der Waals surface area contributed by atoms with Gasteiger partial charge in [-0.15, -0.1) is 11.3 Å². The predicted octanol–water partition coefficient (Wildman–Crippen LogP) is 3.54. The number of carbonyl (C=O) groups is 2. The van der Waals surface area contributed by atoms with Crippen molar-refractivity contribution in [2.24, 2.45) is 0 Å². The van der Waals surface area contributed by atoms with Gasteiger partial charge in [0.05, 0.1) is 10.9 Å². The van der Waals surface area contributed by atoms with Crippen LogP contribution in [0.25, 0.3) is 10.2 Å². The van der Waals surface area contributed by atoms with Gasteiger partial charge in [0.25, 0.3) is 5.56 Å². The number of hydrogen-bond donors (Lipinski definition) is 2. The number of nitrogens with zero attached hydrogens (tertiary/aromatic N) is 2. The van der Waals surface area contributed by atoms with E-state index in [1.165, 1.54) is 9.95 Å². The summed E-state index contributed by atoms with van der Waals surface area (Å²) in [5.74, 6) is -1.10. The fourth-order valence-electron chi connectivity index (χ4n) is 3.08. The molecule has 3 aromatic rings. The van der Waals surface area contributed by atoms with Gasteiger partial charge < -0.3 is 10.4 Å². The first-order valence-electron chi connectivity index (χ1n) is 8.88. The number of aromatic carboxylic acids is 1. The monoisotopic (exact) mass is 399 g/mol. The Morgan fingerprint density at radius 2 is 2.04 bits per heavy atom. The van der Waals surface area contributed by atoms with E-state index in [1.807, 2.05) is 39.0 Å². The summed E-state index contributed by atoms with van der Waals surface area (Å²) in [7, 11) is 0. The van der Waals surface area contributed by atoms with Gasteiger partial charge in [-0.2, -0.15) is 0 Å². The van der Waals surface area contributed by atoms with Crippen molar-refractivity contribution in [3.8, 4) is 0 Å². The molecule has 0 saturated heterocycles. The van der Waals surface area contributed by atoms with E-state index in [0.29, 0.717) is 22.8 Å². The van der Waals surface area contributed by atoms with E-state index in [2.05, 4.69) is 10.3 Å². The zero-order valence-corrected chi connectivity index (χ0v) is 16.9. The summed E-state index contributed by atoms with van der Waals surface area (Å²) in [6.07, 6.45) is 0.437. The molecule has 8 heteroatoms. The Morgan fingerprint density at radius 3 is 2.68 bits per heavy atom. The number of rotatable bonds is 5. The van der Waals surface area contributed by atoms with Crippen molar-refractivity contribution in [1.82, 2.24) is 9.55 Å². The Bertz CT molecular complexity index is 1150. The molecule has 0 radical (unpaired) electrons. The minimum absolute atomic E-state index is 0.0427. The van der Waals surface area contributed by atoms with E-state index in [4.69, 9.17) is 0 Å². The van der Waals surface area contributed by atoms with Crippen molar-refractivity contribution in [3.63, 3.8) is 0 Å². The number of aryl methyl sites for hydroxylation is 3. The maximum Gasteiger partial charge on any atom is 0.337 e. The molecular formula is C20H21N3O4S. The van der Waals surface area contributed by atoms with E-state index >= 15 is 0 Å². The number of amides is 1. The highest BCUT2D eigenvalue weighted by Crippen LogP contribution is 2.24. The average Bonchev–Trinajstić information content (AvgIpc) is 3.08. The van der Waals surface area contributed by atoms with E-state index in [9.17, 15) is 19.5 Å². The molecule has 1 aromatic carbocycles. The molecule has 28 heavy (non-hydrogen) atoms. The lowest BCUT2D eigenvalue weighted by molar-refractivity contribution is -0.118. The van der Waals surface area contributed by atoms with Gasteiger partial charge in [-0.25, -0.2) is 9.78 Å². The van der Waals surface area contributed by atoms with Crippen molar-refractivity contribution < 1.29 is 14.7 Å². The Morgan fingerprint density at radius 1 is 1.32 bits per heavy atom. The first-order chi connectivity index (χ1) is 13.2. The summed E-state index contributed by atoms with van der Waals surface area (Å²) in [4.78, 5) is 42.2. The number of benzene rings is 1. The van der Waals surface area contributed by atoms with Crippen molar-refractivity contribution in [2.75, 3.05) is 5.32 Å². The summed E-state index contributed by atoms with van der Waals surface area (Å²) >= 11 is 1.12. The molecule has 3 rings (SSSR count). The van der Waals surface area contributed by atoms with Gasteiger partial charge in [0.1, 0.15) is 16.7 Å². The predicted molar refractivity (Wildman–Crippen MR) is 109 cm³/mol. The highest BCUT2D eigenvalue weighted by molar-refractivity contribution is 7.17. The first kappa shape index (κ1) is 19.8. The first-order valence-corrected chi connectivity index (χ1v) is 9.76. The molecule has 0 aliphatic carbocycles. The van der Waals surface area contributed by atoms with Crippen LogP contribution in [-0.2, 0) is 11.2 Å². The normalized spacial score (nSPS) is 12.1. The molecule has 0 saturated carbocycles. The van der Waals surface area contributed by atoms with Crippen molar-refractivity contribution >= 4 is 39.1 Å². The molecule has 0 fully saturated rings. The summed E-state index contributed by atoms with van der Waals surface area (Å²) in [5.41, 5.74) is 2.00. The minimum Gasteiger partial charge on any atom is -0.478 e. The smallest absolute Gasteiger partial charge is 0.337 e. The highest BCUT2D eigenvalue weighted by atomic mass is 32.1. The van der Waals surface area contributed by atoms with Crippen molar-refractivity contribution in [1.29, 1.82) is 0 Å². The van der Waals surface area contributed by atoms with Crippen LogP contribution in [0.15, 0.2) is 28.4 Å². The number of aromatic nitrogens is 2. The van der Waals surface area contributed by atoms with Gasteiger partial charge in [-0.1, -0.05) is 19.1 Å². The van der Waals surface area contributed by atoms with Gasteiger partial charge >= 0.3 is 5.97 Å². The van der Waals surface area contributed by atoms with Crippen LogP contribution in [0.2, 0.25) is 0 Å². The lowest BCUT2D eigenvalue weighted by Gasteiger charge is -2.19. The highest BCUT2D eigenvalue weighted by Gasteiger charge is 2.25. The maximum absolute atomic E-state index is 13.1. The molecule has 2 heterocycles. The third kappa shape index (κ3) is 3.43. The zero-order valence-electron chi connectivity index (χ0n) is 16.1. The number of carbonyl (C=O) groups excluding carboxylic acids is 1. The van der Waals surface area contributed by atoms with Crippen LogP contribution < -0.4 is 10.9 Å². The topological polar surface area (TPSA) is 101 Å². The summed E-state index contributed by atoms with van der Waals surface area (Å²) in [6, 6.07) is 4.89. The second-order valence-corrected chi connectivity index (χ2v) is 7.53. The van der Waals surface area contributed by atoms with Gasteiger partial charge in [0, 0.05) is 17.5 Å². The molecule has 146 valence electrons. The maximum atomic E-state index is 13.1. The SMILES string of the molecule is CCc1nc2scc(C(=O)O)c2c(=O)n1C(C)C(=O)Nc1cc(C)ccc1C. The summed E-state index contributed by atoms with van der Waals surface area (Å²) in [6.45, 7) is 7.27. The quantitative estimate of drug-likeness (QED) is 0.683. The third-order valence-corrected chi connectivity index (χ3v) is 5.55. The number of thiophene rings is 1. The van der Waals surface area contributed by atoms with E-state index in [1.54, 1.807) is 6.92 Å². The number of nitrogens with one attached hydrogen (secondary N) is 1. The molecule has 0 bridgehead atoms. The second kappa shape index (κ2) is 7.55. The fourth-order valence-corrected chi connectivity index (χ4v) is 4.00. The van der Waals surface area contributed by atoms with Gasteiger partial charge in [0.2, 0.25) is 5.91 Å². The van der Waals surface area contributed by atoms with Gasteiger partial charge in [-0.3, -0.25) is 14.2 Å². The van der Waals surface area contributed by atoms with Crippen LogP contribution in [0.4, 0.5) is 5.69 Å². The number of fused-ring (bicyclic) bond motifs is 1. The lowest BCUT2D eigenvalue weighted by atomic mass is 10.1. The molecular weight excluding hydrogens is 378 g/mol. The second-order valence-electron chi connectivity index (χ2n) is 6.68. The van der Waals surface area contributed by atoms with Gasteiger partial charge in [0.15, 0.2) is 0 Å². The molecule has 2 N–H and O–H groups in total. The van der Waals surface area contributed by atoms with Crippen LogP contribution in [-0.4, -0.2) is 26.5 Å².